The minimum absolute atomic E-state index is 0.454. The fourth-order valence-electron chi connectivity index (χ4n) is 0.431. The van der Waals surface area contributed by atoms with Crippen LogP contribution in [0.15, 0.2) is 22.4 Å². The Labute approximate surface area is 52.3 Å². The molecule has 0 amide bonds. The first-order valence-corrected chi connectivity index (χ1v) is 2.36. The highest BCUT2D eigenvalue weighted by Gasteiger charge is 1.98. The van der Waals surface area contributed by atoms with Gasteiger partial charge < -0.3 is 5.32 Å². The van der Waals surface area contributed by atoms with Crippen LogP contribution in [0.4, 0.5) is 0 Å². The van der Waals surface area contributed by atoms with Crippen LogP contribution in [0.5, 0.6) is 0 Å². The number of nitrogens with two attached hydrogens (primary N) is 1. The zero-order chi connectivity index (χ0) is 6.69. The van der Waals surface area contributed by atoms with E-state index >= 15 is 0 Å². The van der Waals surface area contributed by atoms with Crippen LogP contribution < -0.4 is 16.6 Å². The zero-order valence-electron chi connectivity index (χ0n) is 4.76. The quantitative estimate of drug-likeness (QED) is 0.284. The molecule has 0 bridgehead atoms. The van der Waals surface area contributed by atoms with Gasteiger partial charge in [0.15, 0.2) is 0 Å². The maximum atomic E-state index is 5.02. The highest BCUT2D eigenvalue weighted by atomic mass is 15.4. The summed E-state index contributed by atoms with van der Waals surface area (Å²) in [6.45, 7) is 3.53. The van der Waals surface area contributed by atoms with Crippen LogP contribution in [0.3, 0.4) is 0 Å². The van der Waals surface area contributed by atoms with Gasteiger partial charge in [0.1, 0.15) is 12.2 Å². The number of guanidine groups is 1. The van der Waals surface area contributed by atoms with Gasteiger partial charge in [-0.1, -0.05) is 6.58 Å². The first kappa shape index (κ1) is 5.77. The number of nitrogens with one attached hydrogen (secondary N) is 2. The van der Waals surface area contributed by atoms with Crippen LogP contribution in [0.25, 0.3) is 0 Å². The van der Waals surface area contributed by atoms with Gasteiger partial charge in [-0.2, -0.15) is 0 Å². The van der Waals surface area contributed by atoms with Crippen molar-refractivity contribution in [3.63, 3.8) is 0 Å². The molecule has 0 radical (unpaired) electrons. The van der Waals surface area contributed by atoms with Gasteiger partial charge in [0.2, 0.25) is 5.96 Å². The Morgan fingerprint density at radius 3 is 3.00 bits per heavy atom. The van der Waals surface area contributed by atoms with Crippen molar-refractivity contribution in [1.29, 1.82) is 0 Å². The Hall–Kier alpha value is -1.36. The molecule has 0 aromatic rings. The van der Waals surface area contributed by atoms with Crippen LogP contribution in [0, 0.1) is 0 Å². The molecule has 0 atom stereocenters. The van der Waals surface area contributed by atoms with E-state index in [2.05, 4.69) is 27.3 Å². The van der Waals surface area contributed by atoms with Gasteiger partial charge in [0, 0.05) is 0 Å². The van der Waals surface area contributed by atoms with Gasteiger partial charge in [0.05, 0.1) is 0 Å². The van der Waals surface area contributed by atoms with Gasteiger partial charge >= 0.3 is 0 Å². The summed E-state index contributed by atoms with van der Waals surface area (Å²) in [4.78, 5) is 7.43. The van der Waals surface area contributed by atoms with Gasteiger partial charge in [0.25, 0.3) is 0 Å². The maximum Gasteiger partial charge on any atom is 0.217 e. The lowest BCUT2D eigenvalue weighted by atomic mass is 10.7. The molecule has 1 aliphatic heterocycles. The summed E-state index contributed by atoms with van der Waals surface area (Å²) in [5.74, 6) is 6.00. The van der Waals surface area contributed by atoms with Crippen LogP contribution in [0.2, 0.25) is 0 Å². The highest BCUT2D eigenvalue weighted by Crippen LogP contribution is 1.88. The standard InChI is InChI=1S/C4H7N5/c1-3-6-2-7-4(8-3)9-5/h2H,1,5H2,(H2,6,7,8,9). The molecule has 0 saturated carbocycles. The SMILES string of the molecule is C=C1N=CN=C(NN)N1. The number of hydrazine groups is 1. The van der Waals surface area contributed by atoms with Gasteiger partial charge in [-0.05, 0) is 0 Å². The summed E-state index contributed by atoms with van der Waals surface area (Å²) in [6, 6.07) is 0. The van der Waals surface area contributed by atoms with Crippen molar-refractivity contribution in [2.45, 2.75) is 0 Å². The third-order valence-corrected chi connectivity index (χ3v) is 0.800. The third-order valence-electron chi connectivity index (χ3n) is 0.800. The lowest BCUT2D eigenvalue weighted by Crippen LogP contribution is -2.41. The van der Waals surface area contributed by atoms with Crippen molar-refractivity contribution in [1.82, 2.24) is 10.7 Å². The number of aliphatic imine (C=N–C) groups is 2. The Balaban J connectivity index is 2.65. The summed E-state index contributed by atoms with van der Waals surface area (Å²) in [7, 11) is 0. The van der Waals surface area contributed by atoms with Crippen molar-refractivity contribution >= 4 is 12.3 Å². The van der Waals surface area contributed by atoms with E-state index in [0.29, 0.717) is 11.8 Å². The lowest BCUT2D eigenvalue weighted by molar-refractivity contribution is 0.925. The molecule has 0 fully saturated rings. The smallest absolute Gasteiger partial charge is 0.217 e. The third kappa shape index (κ3) is 1.26. The summed E-state index contributed by atoms with van der Waals surface area (Å²) in [5.41, 5.74) is 2.32. The molecular formula is C4H7N5. The van der Waals surface area contributed by atoms with Gasteiger partial charge in [-0.15, -0.1) is 0 Å². The monoisotopic (exact) mass is 125 g/mol. The summed E-state index contributed by atoms with van der Waals surface area (Å²) in [5, 5.41) is 2.69. The van der Waals surface area contributed by atoms with E-state index in [1.54, 1.807) is 0 Å². The van der Waals surface area contributed by atoms with Crippen LogP contribution in [-0.4, -0.2) is 12.3 Å². The average Bonchev–Trinajstić information content (AvgIpc) is 1.88. The van der Waals surface area contributed by atoms with Crippen molar-refractivity contribution in [3.8, 4) is 0 Å². The van der Waals surface area contributed by atoms with E-state index in [0.717, 1.165) is 0 Å². The molecule has 9 heavy (non-hydrogen) atoms. The lowest BCUT2D eigenvalue weighted by Gasteiger charge is -2.09. The molecule has 1 aliphatic rings. The van der Waals surface area contributed by atoms with E-state index in [9.17, 15) is 0 Å². The van der Waals surface area contributed by atoms with Crippen LogP contribution in [0.1, 0.15) is 0 Å². The van der Waals surface area contributed by atoms with E-state index in [1.807, 2.05) is 0 Å². The number of hydrogen-bond acceptors (Lipinski definition) is 5. The Morgan fingerprint density at radius 1 is 1.78 bits per heavy atom. The molecule has 4 N–H and O–H groups in total. The van der Waals surface area contributed by atoms with Crippen molar-refractivity contribution < 1.29 is 0 Å². The molecule has 0 aromatic heterocycles. The molecule has 5 heteroatoms. The molecule has 0 saturated heterocycles. The molecule has 1 heterocycles. The van der Waals surface area contributed by atoms with Crippen molar-refractivity contribution in [2.75, 3.05) is 0 Å². The topological polar surface area (TPSA) is 74.8 Å². The first-order chi connectivity index (χ1) is 4.33. The van der Waals surface area contributed by atoms with E-state index in [1.165, 1.54) is 6.34 Å². The second-order valence-corrected chi connectivity index (χ2v) is 1.44. The van der Waals surface area contributed by atoms with E-state index in [4.69, 9.17) is 5.84 Å². The Kier molecular flexibility index (Phi) is 1.46. The first-order valence-electron chi connectivity index (χ1n) is 2.36. The summed E-state index contributed by atoms with van der Waals surface area (Å²) >= 11 is 0. The summed E-state index contributed by atoms with van der Waals surface area (Å²) in [6.07, 6.45) is 1.37. The van der Waals surface area contributed by atoms with Gasteiger partial charge in [-0.3, -0.25) is 5.43 Å². The van der Waals surface area contributed by atoms with Crippen LogP contribution >= 0.6 is 0 Å². The number of hydrogen-bond donors (Lipinski definition) is 3. The number of rotatable bonds is 0. The van der Waals surface area contributed by atoms with Gasteiger partial charge in [-0.25, -0.2) is 15.8 Å². The largest absolute Gasteiger partial charge is 0.310 e. The van der Waals surface area contributed by atoms with Crippen LogP contribution in [-0.2, 0) is 0 Å². The number of nitrogens with zero attached hydrogens (tertiary/aromatic N) is 2. The zero-order valence-corrected chi connectivity index (χ0v) is 4.76. The molecule has 0 unspecified atom stereocenters. The Morgan fingerprint density at radius 2 is 2.56 bits per heavy atom. The molecular weight excluding hydrogens is 118 g/mol. The maximum absolute atomic E-state index is 5.02. The van der Waals surface area contributed by atoms with Crippen molar-refractivity contribution in [3.05, 3.63) is 12.4 Å². The fourth-order valence-corrected chi connectivity index (χ4v) is 0.431. The highest BCUT2D eigenvalue weighted by molar-refractivity contribution is 5.89. The molecule has 0 aromatic carbocycles. The molecule has 1 rings (SSSR count). The fraction of sp³-hybridized carbons (Fsp3) is 0. The molecule has 5 nitrogen and oxygen atoms in total. The normalized spacial score (nSPS) is 16.6. The Bertz CT molecular complexity index is 179. The van der Waals surface area contributed by atoms with E-state index in [-0.39, 0.29) is 0 Å². The summed E-state index contributed by atoms with van der Waals surface area (Å²) < 4.78 is 0. The predicted octanol–water partition coefficient (Wildman–Crippen LogP) is -1.09. The molecule has 0 aliphatic carbocycles. The van der Waals surface area contributed by atoms with E-state index < -0.39 is 0 Å². The second kappa shape index (κ2) is 2.27. The minimum atomic E-state index is 0.454. The molecule has 0 spiro atoms. The predicted molar refractivity (Wildman–Crippen MR) is 35.5 cm³/mol. The van der Waals surface area contributed by atoms with Crippen molar-refractivity contribution in [2.24, 2.45) is 15.8 Å². The second-order valence-electron chi connectivity index (χ2n) is 1.44. The minimum Gasteiger partial charge on any atom is -0.310 e. The molecule has 48 valence electrons. The average molecular weight is 125 g/mol.